The second kappa shape index (κ2) is 7.17. The van der Waals surface area contributed by atoms with Crippen LogP contribution in [-0.4, -0.2) is 53.5 Å². The normalized spacial score (nSPS) is 18.4. The van der Waals surface area contributed by atoms with Crippen LogP contribution in [0.15, 0.2) is 17.5 Å². The summed E-state index contributed by atoms with van der Waals surface area (Å²) >= 11 is 1.60. The maximum Gasteiger partial charge on any atom is 0.328 e. The number of carbonyl (C=O) groups is 1. The number of thiophene rings is 1. The lowest BCUT2D eigenvalue weighted by atomic mass is 9.94. The van der Waals surface area contributed by atoms with Crippen LogP contribution in [0.3, 0.4) is 0 Å². The number of hydrogen-bond acceptors (Lipinski definition) is 5. The molecule has 0 aliphatic carbocycles. The van der Waals surface area contributed by atoms with Gasteiger partial charge in [0.15, 0.2) is 0 Å². The lowest BCUT2D eigenvalue weighted by molar-refractivity contribution is -0.131. The van der Waals surface area contributed by atoms with E-state index >= 15 is 0 Å². The van der Waals surface area contributed by atoms with Gasteiger partial charge in [0, 0.05) is 50.1 Å². The molecule has 0 atom stereocenters. The Morgan fingerprint density at radius 3 is 2.90 bits per heavy atom. The van der Waals surface area contributed by atoms with Gasteiger partial charge >= 0.3 is 5.97 Å². The first kappa shape index (κ1) is 16.2. The molecule has 2 N–H and O–H groups in total. The van der Waals surface area contributed by atoms with Crippen LogP contribution in [0.1, 0.15) is 23.3 Å². The number of carboxylic acids is 1. The second-order valence-electron chi connectivity index (χ2n) is 5.48. The highest BCUT2D eigenvalue weighted by molar-refractivity contribution is 7.10. The number of aliphatic hydroxyl groups is 1. The lowest BCUT2D eigenvalue weighted by Gasteiger charge is -2.35. The van der Waals surface area contributed by atoms with E-state index in [2.05, 4.69) is 4.90 Å². The first-order valence-electron chi connectivity index (χ1n) is 6.95. The van der Waals surface area contributed by atoms with Crippen molar-refractivity contribution in [3.63, 3.8) is 0 Å². The van der Waals surface area contributed by atoms with Crippen LogP contribution in [0.2, 0.25) is 0 Å². The summed E-state index contributed by atoms with van der Waals surface area (Å²) < 4.78 is 5.28. The number of aliphatic carboxylic acids is 1. The van der Waals surface area contributed by atoms with Crippen LogP contribution in [0.4, 0.5) is 0 Å². The number of nitrogens with zero attached hydrogens (tertiary/aromatic N) is 1. The Balaban J connectivity index is 1.95. The van der Waals surface area contributed by atoms with Gasteiger partial charge in [0.25, 0.3) is 0 Å². The zero-order chi connectivity index (χ0) is 15.3. The molecule has 2 heterocycles. The van der Waals surface area contributed by atoms with Crippen molar-refractivity contribution in [1.82, 2.24) is 4.90 Å². The molecule has 5 nitrogen and oxygen atoms in total. The van der Waals surface area contributed by atoms with E-state index in [9.17, 15) is 9.90 Å². The Labute approximate surface area is 128 Å². The largest absolute Gasteiger partial charge is 0.478 e. The molecule has 0 bridgehead atoms. The fourth-order valence-corrected chi connectivity index (χ4v) is 3.45. The molecule has 1 aromatic rings. The fourth-order valence-electron chi connectivity index (χ4n) is 2.50. The third-order valence-electron chi connectivity index (χ3n) is 3.59. The Hall–Kier alpha value is -1.21. The molecule has 6 heteroatoms. The summed E-state index contributed by atoms with van der Waals surface area (Å²) in [5.41, 5.74) is 0.245. The van der Waals surface area contributed by atoms with Gasteiger partial charge in [-0.2, -0.15) is 0 Å². The molecule has 0 radical (unpaired) electrons. The average Bonchev–Trinajstić information content (AvgIpc) is 2.83. The average molecular weight is 311 g/mol. The zero-order valence-electron chi connectivity index (χ0n) is 12.1. The van der Waals surface area contributed by atoms with Gasteiger partial charge in [-0.05, 0) is 30.1 Å². The van der Waals surface area contributed by atoms with Crippen molar-refractivity contribution in [3.8, 4) is 0 Å². The summed E-state index contributed by atoms with van der Waals surface area (Å²) in [5, 5.41) is 21.2. The summed E-state index contributed by atoms with van der Waals surface area (Å²) in [7, 11) is 1.97. The van der Waals surface area contributed by atoms with Crippen LogP contribution in [0.25, 0.3) is 6.08 Å². The highest BCUT2D eigenvalue weighted by Gasteiger charge is 2.31. The molecule has 0 unspecified atom stereocenters. The molecule has 1 saturated heterocycles. The van der Waals surface area contributed by atoms with Crippen LogP contribution in [0.5, 0.6) is 0 Å². The molecule has 21 heavy (non-hydrogen) atoms. The first-order chi connectivity index (χ1) is 9.98. The number of rotatable bonds is 6. The number of likely N-dealkylation sites (N-methyl/N-ethyl adjacent to an activating group) is 1. The Morgan fingerprint density at radius 1 is 1.52 bits per heavy atom. The maximum atomic E-state index is 10.6. The number of carboxylic acid groups (broad SMARTS) is 1. The molecule has 1 aliphatic rings. The maximum absolute atomic E-state index is 10.6. The summed E-state index contributed by atoms with van der Waals surface area (Å²) in [6, 6.07) is 1.91. The summed E-state index contributed by atoms with van der Waals surface area (Å²) in [5.74, 6) is -0.947. The van der Waals surface area contributed by atoms with Gasteiger partial charge in [0.2, 0.25) is 0 Å². The Morgan fingerprint density at radius 2 is 2.24 bits per heavy atom. The van der Waals surface area contributed by atoms with Crippen molar-refractivity contribution in [1.29, 1.82) is 0 Å². The SMILES string of the molecule is CN(Cc1sccc1/C=C/C(=O)O)CC1(O)CCOCC1. The third kappa shape index (κ3) is 4.93. The fraction of sp³-hybridized carbons (Fsp3) is 0.533. The van der Waals surface area contributed by atoms with Crippen molar-refractivity contribution in [3.05, 3.63) is 28.0 Å². The van der Waals surface area contributed by atoms with Crippen molar-refractivity contribution < 1.29 is 19.7 Å². The van der Waals surface area contributed by atoms with Crippen molar-refractivity contribution in [2.75, 3.05) is 26.8 Å². The van der Waals surface area contributed by atoms with Crippen molar-refractivity contribution >= 4 is 23.4 Å². The van der Waals surface area contributed by atoms with Crippen molar-refractivity contribution in [2.24, 2.45) is 0 Å². The highest BCUT2D eigenvalue weighted by atomic mass is 32.1. The van der Waals surface area contributed by atoms with E-state index < -0.39 is 11.6 Å². The Bertz CT molecular complexity index is 506. The smallest absolute Gasteiger partial charge is 0.328 e. The van der Waals surface area contributed by atoms with Gasteiger partial charge in [0.1, 0.15) is 0 Å². The van der Waals surface area contributed by atoms with Crippen LogP contribution in [0, 0.1) is 0 Å². The third-order valence-corrected chi connectivity index (χ3v) is 4.51. The van der Waals surface area contributed by atoms with Gasteiger partial charge in [-0.1, -0.05) is 0 Å². The van der Waals surface area contributed by atoms with E-state index in [1.807, 2.05) is 18.5 Å². The molecular formula is C15H21NO4S. The van der Waals surface area contributed by atoms with Gasteiger partial charge in [-0.15, -0.1) is 11.3 Å². The molecule has 2 rings (SSSR count). The van der Waals surface area contributed by atoms with Gasteiger partial charge in [-0.25, -0.2) is 4.79 Å². The monoisotopic (exact) mass is 311 g/mol. The molecule has 0 amide bonds. The zero-order valence-corrected chi connectivity index (χ0v) is 12.9. The van der Waals surface area contributed by atoms with Crippen molar-refractivity contribution in [2.45, 2.75) is 25.0 Å². The minimum atomic E-state index is -0.947. The molecule has 1 aromatic heterocycles. The molecule has 0 spiro atoms. The van der Waals surface area contributed by atoms with E-state index in [1.54, 1.807) is 17.4 Å². The van der Waals surface area contributed by atoms with Crippen LogP contribution in [-0.2, 0) is 16.1 Å². The van der Waals surface area contributed by atoms with E-state index in [1.165, 1.54) is 0 Å². The summed E-state index contributed by atoms with van der Waals surface area (Å²) in [4.78, 5) is 13.8. The number of ether oxygens (including phenoxy) is 1. The minimum Gasteiger partial charge on any atom is -0.478 e. The van der Waals surface area contributed by atoms with E-state index in [-0.39, 0.29) is 0 Å². The summed E-state index contributed by atoms with van der Waals surface area (Å²) in [6.45, 7) is 2.50. The predicted molar refractivity (Wildman–Crippen MR) is 82.3 cm³/mol. The van der Waals surface area contributed by atoms with Crippen LogP contribution >= 0.6 is 11.3 Å². The van der Waals surface area contributed by atoms with E-state index in [4.69, 9.17) is 9.84 Å². The van der Waals surface area contributed by atoms with E-state index in [0.717, 1.165) is 16.5 Å². The highest BCUT2D eigenvalue weighted by Crippen LogP contribution is 2.24. The van der Waals surface area contributed by atoms with Gasteiger partial charge in [0.05, 0.1) is 5.60 Å². The first-order valence-corrected chi connectivity index (χ1v) is 7.82. The standard InChI is InChI=1S/C15H21NO4S/c1-16(11-15(19)5-7-20-8-6-15)10-13-12(4-9-21-13)2-3-14(17)18/h2-4,9,19H,5-8,10-11H2,1H3,(H,17,18)/b3-2+. The number of hydrogen-bond donors (Lipinski definition) is 2. The molecule has 1 aliphatic heterocycles. The molecule has 0 aromatic carbocycles. The lowest BCUT2D eigenvalue weighted by Crippen LogP contribution is -2.45. The van der Waals surface area contributed by atoms with Gasteiger partial charge < -0.3 is 14.9 Å². The predicted octanol–water partition coefficient (Wildman–Crippen LogP) is 1.82. The van der Waals surface area contributed by atoms with Gasteiger partial charge in [-0.3, -0.25) is 4.90 Å². The second-order valence-corrected chi connectivity index (χ2v) is 6.48. The minimum absolute atomic E-state index is 0.594. The quantitative estimate of drug-likeness (QED) is 0.784. The molecule has 116 valence electrons. The molecule has 1 fully saturated rings. The molecule has 0 saturated carbocycles. The summed E-state index contributed by atoms with van der Waals surface area (Å²) in [6.07, 6.45) is 4.09. The molecular weight excluding hydrogens is 290 g/mol. The topological polar surface area (TPSA) is 70.0 Å². The van der Waals surface area contributed by atoms with E-state index in [0.29, 0.717) is 39.1 Å². The van der Waals surface area contributed by atoms with Crippen LogP contribution < -0.4 is 0 Å². The Kier molecular flexibility index (Phi) is 5.52.